The number of ether oxygens (including phenoxy) is 1. The van der Waals surface area contributed by atoms with Crippen molar-refractivity contribution in [2.75, 3.05) is 25.5 Å². The number of benzene rings is 2. The van der Waals surface area contributed by atoms with Crippen LogP contribution in [0.15, 0.2) is 41.1 Å². The van der Waals surface area contributed by atoms with E-state index in [1.165, 1.54) is 42.4 Å². The summed E-state index contributed by atoms with van der Waals surface area (Å²) in [6.45, 7) is 1.75. The van der Waals surface area contributed by atoms with Gasteiger partial charge < -0.3 is 15.0 Å². The monoisotopic (exact) mass is 477 g/mol. The van der Waals surface area contributed by atoms with Crippen molar-refractivity contribution in [3.05, 3.63) is 57.1 Å². The van der Waals surface area contributed by atoms with E-state index in [1.54, 1.807) is 13.1 Å². The van der Waals surface area contributed by atoms with Gasteiger partial charge in [-0.2, -0.15) is 0 Å². The minimum atomic E-state index is -0.583. The van der Waals surface area contributed by atoms with Gasteiger partial charge in [-0.25, -0.2) is 14.4 Å². The second-order valence-electron chi connectivity index (χ2n) is 6.35. The summed E-state index contributed by atoms with van der Waals surface area (Å²) in [5, 5.41) is 14.7. The molecule has 30 heavy (non-hydrogen) atoms. The lowest BCUT2D eigenvalue weighted by Gasteiger charge is -2.15. The molecule has 1 N–H and O–H groups in total. The lowest BCUT2D eigenvalue weighted by Crippen LogP contribution is -2.28. The van der Waals surface area contributed by atoms with Crippen LogP contribution in [0.2, 0.25) is 0 Å². The van der Waals surface area contributed by atoms with Gasteiger partial charge in [0.15, 0.2) is 5.75 Å². The molecule has 0 aliphatic rings. The normalized spacial score (nSPS) is 10.7. The smallest absolute Gasteiger partial charge is 0.311 e. The standard InChI is InChI=1S/C19H17BrFN5O4/c1-11(27)25(2)5-6-30-18-9-16-13(8-17(18)26(28)29)19(23-10-22-16)24-15-4-3-12(20)7-14(15)21/h3-4,7-10H,5-6H2,1-2H3,(H,22,23,24). The second-order valence-corrected chi connectivity index (χ2v) is 7.27. The molecular weight excluding hydrogens is 461 g/mol. The molecule has 0 spiro atoms. The zero-order valence-corrected chi connectivity index (χ0v) is 17.6. The number of nitro benzene ring substituents is 1. The van der Waals surface area contributed by atoms with Crippen molar-refractivity contribution >= 4 is 49.9 Å². The topological polar surface area (TPSA) is 110 Å². The van der Waals surface area contributed by atoms with Crippen LogP contribution in [0, 0.1) is 15.9 Å². The van der Waals surface area contributed by atoms with E-state index >= 15 is 0 Å². The number of anilines is 2. The van der Waals surface area contributed by atoms with Crippen molar-refractivity contribution in [2.45, 2.75) is 6.92 Å². The number of hydrogen-bond donors (Lipinski definition) is 1. The van der Waals surface area contributed by atoms with E-state index in [0.717, 1.165) is 0 Å². The molecule has 0 bridgehead atoms. The zero-order valence-electron chi connectivity index (χ0n) is 16.1. The predicted octanol–water partition coefficient (Wildman–Crippen LogP) is 4.04. The summed E-state index contributed by atoms with van der Waals surface area (Å²) >= 11 is 3.19. The molecular formula is C19H17BrFN5O4. The van der Waals surface area contributed by atoms with Gasteiger partial charge in [0.25, 0.3) is 0 Å². The zero-order chi connectivity index (χ0) is 21.8. The third kappa shape index (κ3) is 4.79. The van der Waals surface area contributed by atoms with E-state index in [4.69, 9.17) is 4.74 Å². The molecule has 0 fully saturated rings. The van der Waals surface area contributed by atoms with Crippen molar-refractivity contribution in [3.8, 4) is 5.75 Å². The number of amides is 1. The lowest BCUT2D eigenvalue weighted by molar-refractivity contribution is -0.385. The SMILES string of the molecule is CC(=O)N(C)CCOc1cc2ncnc(Nc3ccc(Br)cc3F)c2cc1[N+](=O)[O-]. The first kappa shape index (κ1) is 21.4. The Morgan fingerprint density at radius 3 is 2.77 bits per heavy atom. The molecule has 1 heterocycles. The number of halogens is 2. The third-order valence-corrected chi connectivity index (χ3v) is 4.81. The minimum Gasteiger partial charge on any atom is -0.485 e. The first-order chi connectivity index (χ1) is 14.3. The van der Waals surface area contributed by atoms with E-state index in [-0.39, 0.29) is 42.0 Å². The third-order valence-electron chi connectivity index (χ3n) is 4.32. The molecule has 1 aromatic heterocycles. The summed E-state index contributed by atoms with van der Waals surface area (Å²) in [6, 6.07) is 7.16. The van der Waals surface area contributed by atoms with Crippen molar-refractivity contribution in [1.29, 1.82) is 0 Å². The van der Waals surface area contributed by atoms with Crippen LogP contribution in [0.1, 0.15) is 6.92 Å². The van der Waals surface area contributed by atoms with Gasteiger partial charge in [-0.15, -0.1) is 0 Å². The summed E-state index contributed by atoms with van der Waals surface area (Å²) in [6.07, 6.45) is 1.26. The largest absolute Gasteiger partial charge is 0.485 e. The van der Waals surface area contributed by atoms with Crippen LogP contribution < -0.4 is 10.1 Å². The Bertz CT molecular complexity index is 1130. The number of nitrogens with zero attached hydrogens (tertiary/aromatic N) is 4. The second kappa shape index (κ2) is 8.99. The van der Waals surface area contributed by atoms with E-state index in [2.05, 4.69) is 31.2 Å². The maximum atomic E-state index is 14.2. The Labute approximate surface area is 179 Å². The predicted molar refractivity (Wildman–Crippen MR) is 112 cm³/mol. The number of carbonyl (C=O) groups is 1. The summed E-state index contributed by atoms with van der Waals surface area (Å²) < 4.78 is 20.3. The molecule has 3 rings (SSSR count). The van der Waals surface area contributed by atoms with E-state index in [9.17, 15) is 19.3 Å². The molecule has 0 saturated carbocycles. The molecule has 2 aromatic carbocycles. The maximum Gasteiger partial charge on any atom is 0.311 e. The molecule has 11 heteroatoms. The first-order valence-corrected chi connectivity index (χ1v) is 9.55. The molecule has 0 unspecified atom stereocenters. The molecule has 3 aromatic rings. The van der Waals surface area contributed by atoms with Crippen LogP contribution in [0.5, 0.6) is 5.75 Å². The molecule has 0 saturated heterocycles. The number of aromatic nitrogens is 2. The van der Waals surface area contributed by atoms with Crippen LogP contribution in [-0.4, -0.2) is 45.9 Å². The number of carbonyl (C=O) groups excluding carboxylic acids is 1. The molecule has 0 aliphatic carbocycles. The highest BCUT2D eigenvalue weighted by atomic mass is 79.9. The van der Waals surface area contributed by atoms with Gasteiger partial charge in [-0.05, 0) is 18.2 Å². The Morgan fingerprint density at radius 2 is 2.10 bits per heavy atom. The Kier molecular flexibility index (Phi) is 6.40. The summed E-state index contributed by atoms with van der Waals surface area (Å²) in [5.74, 6) is -0.425. The summed E-state index contributed by atoms with van der Waals surface area (Å²) in [4.78, 5) is 31.9. The van der Waals surface area contributed by atoms with E-state index in [1.807, 2.05) is 0 Å². The fourth-order valence-corrected chi connectivity index (χ4v) is 2.93. The highest BCUT2D eigenvalue weighted by molar-refractivity contribution is 9.10. The number of fused-ring (bicyclic) bond motifs is 1. The Morgan fingerprint density at radius 1 is 1.33 bits per heavy atom. The number of rotatable bonds is 7. The highest BCUT2D eigenvalue weighted by Crippen LogP contribution is 2.35. The molecule has 0 radical (unpaired) electrons. The lowest BCUT2D eigenvalue weighted by atomic mass is 10.2. The van der Waals surface area contributed by atoms with E-state index in [0.29, 0.717) is 15.4 Å². The van der Waals surface area contributed by atoms with Crippen LogP contribution in [-0.2, 0) is 4.79 Å². The maximum absolute atomic E-state index is 14.2. The van der Waals surface area contributed by atoms with Gasteiger partial charge in [0, 0.05) is 30.6 Å². The van der Waals surface area contributed by atoms with Crippen LogP contribution in [0.4, 0.5) is 21.6 Å². The fourth-order valence-electron chi connectivity index (χ4n) is 2.60. The van der Waals surface area contributed by atoms with Crippen molar-refractivity contribution in [2.24, 2.45) is 0 Å². The van der Waals surface area contributed by atoms with Crippen LogP contribution >= 0.6 is 15.9 Å². The highest BCUT2D eigenvalue weighted by Gasteiger charge is 2.20. The Hall–Kier alpha value is -3.34. The minimum absolute atomic E-state index is 0.0175. The molecule has 0 atom stereocenters. The van der Waals surface area contributed by atoms with Gasteiger partial charge >= 0.3 is 5.69 Å². The van der Waals surface area contributed by atoms with Gasteiger partial charge in [0.05, 0.1) is 28.1 Å². The summed E-state index contributed by atoms with van der Waals surface area (Å²) in [7, 11) is 1.60. The Balaban J connectivity index is 1.95. The molecule has 0 aliphatic heterocycles. The quantitative estimate of drug-likeness (QED) is 0.403. The van der Waals surface area contributed by atoms with Crippen LogP contribution in [0.3, 0.4) is 0 Å². The van der Waals surface area contributed by atoms with E-state index < -0.39 is 10.7 Å². The van der Waals surface area contributed by atoms with Crippen molar-refractivity contribution < 1.29 is 18.8 Å². The van der Waals surface area contributed by atoms with Crippen LogP contribution in [0.25, 0.3) is 10.9 Å². The van der Waals surface area contributed by atoms with Crippen molar-refractivity contribution in [1.82, 2.24) is 14.9 Å². The van der Waals surface area contributed by atoms with Gasteiger partial charge in [-0.1, -0.05) is 15.9 Å². The van der Waals surface area contributed by atoms with Gasteiger partial charge in [-0.3, -0.25) is 14.9 Å². The average molecular weight is 478 g/mol. The number of nitro groups is 1. The average Bonchev–Trinajstić information content (AvgIpc) is 2.69. The number of likely N-dealkylation sites (N-methyl/N-ethyl adjacent to an activating group) is 1. The fraction of sp³-hybridized carbons (Fsp3) is 0.211. The molecule has 9 nitrogen and oxygen atoms in total. The summed E-state index contributed by atoms with van der Waals surface area (Å²) in [5.41, 5.74) is 0.251. The van der Waals surface area contributed by atoms with Gasteiger partial charge in [0.2, 0.25) is 5.91 Å². The van der Waals surface area contributed by atoms with Crippen molar-refractivity contribution in [3.63, 3.8) is 0 Å². The first-order valence-electron chi connectivity index (χ1n) is 8.76. The van der Waals surface area contributed by atoms with Gasteiger partial charge in [0.1, 0.15) is 24.6 Å². The molecule has 156 valence electrons. The number of nitrogens with one attached hydrogen (secondary N) is 1. The number of hydrogen-bond acceptors (Lipinski definition) is 7. The molecule has 1 amide bonds.